The van der Waals surface area contributed by atoms with E-state index in [9.17, 15) is 9.90 Å². The summed E-state index contributed by atoms with van der Waals surface area (Å²) in [6, 6.07) is 0. The second kappa shape index (κ2) is 4.20. The van der Waals surface area contributed by atoms with Gasteiger partial charge in [0.15, 0.2) is 5.78 Å². The Morgan fingerprint density at radius 2 is 2.33 bits per heavy atom. The summed E-state index contributed by atoms with van der Waals surface area (Å²) in [7, 11) is 1.59. The number of aliphatic hydroxyl groups excluding tert-OH is 1. The average Bonchev–Trinajstić information content (AvgIpc) is 2.55. The lowest BCUT2D eigenvalue weighted by molar-refractivity contribution is -0.147. The summed E-state index contributed by atoms with van der Waals surface area (Å²) in [5.41, 5.74) is -0.742. The van der Waals surface area contributed by atoms with Gasteiger partial charge in [0.1, 0.15) is 5.54 Å². The predicted molar refractivity (Wildman–Crippen MR) is 55.6 cm³/mol. The summed E-state index contributed by atoms with van der Waals surface area (Å²) in [5, 5.41) is 9.55. The van der Waals surface area contributed by atoms with E-state index < -0.39 is 5.54 Å². The summed E-state index contributed by atoms with van der Waals surface area (Å²) >= 11 is 0. The molecule has 0 aliphatic carbocycles. The Bertz CT molecular complexity index is 252. The fourth-order valence-electron chi connectivity index (χ4n) is 2.95. The Labute approximate surface area is 90.2 Å². The smallest absolute Gasteiger partial charge is 0.160 e. The number of rotatable bonds is 3. The molecule has 0 aromatic heterocycles. The minimum Gasteiger partial charge on any atom is -0.394 e. The van der Waals surface area contributed by atoms with Crippen molar-refractivity contribution >= 4 is 5.78 Å². The molecule has 86 valence electrons. The molecule has 3 rings (SSSR count). The van der Waals surface area contributed by atoms with Gasteiger partial charge in [0.25, 0.3) is 0 Å². The number of carbonyl (C=O) groups is 1. The standard InChI is InChI=1S/C11H19NO3/c1-15-8-11(7-13)10(14)9-3-2-5-12(11)6-4-9/h9,13H,2-8H2,1H3/t9-,11-/m1/s1. The van der Waals surface area contributed by atoms with E-state index in [0.717, 1.165) is 32.4 Å². The number of nitrogens with zero attached hydrogens (tertiary/aromatic N) is 1. The SMILES string of the molecule is COC[C@]1(CO)C(=O)[C@@H]2CCCN1CC2. The third kappa shape index (κ3) is 1.61. The number of ether oxygens (including phenoxy) is 1. The van der Waals surface area contributed by atoms with E-state index in [0.29, 0.717) is 6.61 Å². The normalized spacial score (nSPS) is 40.5. The number of hydrogen-bond acceptors (Lipinski definition) is 4. The zero-order chi connectivity index (χ0) is 10.9. The molecule has 3 atom stereocenters. The Morgan fingerprint density at radius 3 is 3.00 bits per heavy atom. The van der Waals surface area contributed by atoms with Crippen LogP contribution in [0.1, 0.15) is 19.3 Å². The van der Waals surface area contributed by atoms with Crippen LogP contribution in [0, 0.1) is 5.92 Å². The molecule has 0 aromatic rings. The third-order valence-corrected chi connectivity index (χ3v) is 3.81. The minimum atomic E-state index is -0.742. The van der Waals surface area contributed by atoms with Gasteiger partial charge >= 0.3 is 0 Å². The van der Waals surface area contributed by atoms with E-state index in [4.69, 9.17) is 4.74 Å². The van der Waals surface area contributed by atoms with Gasteiger partial charge in [0.2, 0.25) is 0 Å². The molecule has 0 amide bonds. The van der Waals surface area contributed by atoms with Crippen molar-refractivity contribution in [2.75, 3.05) is 33.4 Å². The topological polar surface area (TPSA) is 49.8 Å². The lowest BCUT2D eigenvalue weighted by Gasteiger charge is -2.44. The van der Waals surface area contributed by atoms with Gasteiger partial charge in [-0.15, -0.1) is 0 Å². The Hall–Kier alpha value is -0.450. The molecule has 3 heterocycles. The van der Waals surface area contributed by atoms with Crippen molar-refractivity contribution in [3.8, 4) is 0 Å². The first-order valence-corrected chi connectivity index (χ1v) is 5.64. The van der Waals surface area contributed by atoms with Gasteiger partial charge in [0, 0.05) is 13.0 Å². The van der Waals surface area contributed by atoms with Crippen LogP contribution in [0.2, 0.25) is 0 Å². The maximum absolute atomic E-state index is 12.3. The first-order valence-electron chi connectivity index (χ1n) is 5.64. The molecule has 0 aromatic carbocycles. The van der Waals surface area contributed by atoms with E-state index in [1.165, 1.54) is 0 Å². The van der Waals surface area contributed by atoms with Crippen LogP contribution in [0.25, 0.3) is 0 Å². The number of aliphatic hydroxyl groups is 1. The van der Waals surface area contributed by atoms with Crippen LogP contribution in [0.5, 0.6) is 0 Å². The average molecular weight is 213 g/mol. The highest BCUT2D eigenvalue weighted by Crippen LogP contribution is 2.35. The highest BCUT2D eigenvalue weighted by molar-refractivity contribution is 5.91. The molecule has 3 aliphatic rings. The Kier molecular flexibility index (Phi) is 3.09. The number of carbonyl (C=O) groups excluding carboxylic acids is 1. The molecule has 0 saturated carbocycles. The molecule has 0 radical (unpaired) electrons. The van der Waals surface area contributed by atoms with Crippen molar-refractivity contribution in [3.05, 3.63) is 0 Å². The fraction of sp³-hybridized carbons (Fsp3) is 0.909. The van der Waals surface area contributed by atoms with Crippen LogP contribution in [0.3, 0.4) is 0 Å². The fourth-order valence-corrected chi connectivity index (χ4v) is 2.95. The monoisotopic (exact) mass is 213 g/mol. The van der Waals surface area contributed by atoms with E-state index in [1.807, 2.05) is 0 Å². The van der Waals surface area contributed by atoms with E-state index in [1.54, 1.807) is 7.11 Å². The lowest BCUT2D eigenvalue weighted by Crippen LogP contribution is -2.64. The van der Waals surface area contributed by atoms with E-state index in [2.05, 4.69) is 4.90 Å². The molecule has 0 spiro atoms. The highest BCUT2D eigenvalue weighted by atomic mass is 16.5. The van der Waals surface area contributed by atoms with Crippen LogP contribution in [-0.2, 0) is 9.53 Å². The molecule has 3 saturated heterocycles. The van der Waals surface area contributed by atoms with Crippen LogP contribution in [0.15, 0.2) is 0 Å². The summed E-state index contributed by atoms with van der Waals surface area (Å²) in [6.07, 6.45) is 2.98. The zero-order valence-corrected chi connectivity index (χ0v) is 9.24. The van der Waals surface area contributed by atoms with Gasteiger partial charge in [-0.2, -0.15) is 0 Å². The molecule has 4 nitrogen and oxygen atoms in total. The Balaban J connectivity index is 2.30. The van der Waals surface area contributed by atoms with Crippen molar-refractivity contribution in [2.24, 2.45) is 5.92 Å². The second-order valence-electron chi connectivity index (χ2n) is 4.60. The van der Waals surface area contributed by atoms with Gasteiger partial charge in [-0.05, 0) is 32.4 Å². The minimum absolute atomic E-state index is 0.115. The highest BCUT2D eigenvalue weighted by Gasteiger charge is 2.50. The first kappa shape index (κ1) is 11.0. The number of ketones is 1. The van der Waals surface area contributed by atoms with Crippen LogP contribution in [0.4, 0.5) is 0 Å². The maximum Gasteiger partial charge on any atom is 0.160 e. The van der Waals surface area contributed by atoms with Crippen molar-refractivity contribution < 1.29 is 14.6 Å². The van der Waals surface area contributed by atoms with E-state index >= 15 is 0 Å². The first-order chi connectivity index (χ1) is 7.24. The van der Waals surface area contributed by atoms with Gasteiger partial charge in [-0.25, -0.2) is 0 Å². The quantitative estimate of drug-likeness (QED) is 0.719. The van der Waals surface area contributed by atoms with Crippen LogP contribution in [-0.4, -0.2) is 54.7 Å². The third-order valence-electron chi connectivity index (χ3n) is 3.81. The van der Waals surface area contributed by atoms with Gasteiger partial charge in [-0.3, -0.25) is 9.69 Å². The Morgan fingerprint density at radius 1 is 1.53 bits per heavy atom. The van der Waals surface area contributed by atoms with Crippen molar-refractivity contribution in [1.82, 2.24) is 4.90 Å². The summed E-state index contributed by atoms with van der Waals surface area (Å²) in [5.74, 6) is 0.335. The van der Waals surface area contributed by atoms with Crippen molar-refractivity contribution in [3.63, 3.8) is 0 Å². The summed E-state index contributed by atoms with van der Waals surface area (Å²) in [6.45, 7) is 2.03. The largest absolute Gasteiger partial charge is 0.394 e. The summed E-state index contributed by atoms with van der Waals surface area (Å²) in [4.78, 5) is 14.4. The van der Waals surface area contributed by atoms with Crippen molar-refractivity contribution in [2.45, 2.75) is 24.8 Å². The number of Topliss-reactive ketones (excluding diaryl/α,β-unsaturated/α-hetero) is 1. The number of piperidine rings is 1. The second-order valence-corrected chi connectivity index (χ2v) is 4.60. The molecule has 4 heteroatoms. The van der Waals surface area contributed by atoms with Crippen LogP contribution < -0.4 is 0 Å². The van der Waals surface area contributed by atoms with Crippen LogP contribution >= 0.6 is 0 Å². The lowest BCUT2D eigenvalue weighted by atomic mass is 9.80. The number of methoxy groups -OCH3 is 1. The molecular formula is C11H19NO3. The molecule has 2 bridgehead atoms. The molecule has 3 fully saturated rings. The molecule has 15 heavy (non-hydrogen) atoms. The van der Waals surface area contributed by atoms with Crippen molar-refractivity contribution in [1.29, 1.82) is 0 Å². The molecule has 3 aliphatic heterocycles. The maximum atomic E-state index is 12.3. The predicted octanol–water partition coefficient (Wildman–Crippen LogP) is 0.0487. The molecular weight excluding hydrogens is 194 g/mol. The van der Waals surface area contributed by atoms with E-state index in [-0.39, 0.29) is 18.3 Å². The van der Waals surface area contributed by atoms with Gasteiger partial charge in [0.05, 0.1) is 13.2 Å². The number of hydrogen-bond donors (Lipinski definition) is 1. The van der Waals surface area contributed by atoms with Gasteiger partial charge in [-0.1, -0.05) is 0 Å². The molecule has 1 unspecified atom stereocenters. The summed E-state index contributed by atoms with van der Waals surface area (Å²) < 4.78 is 5.13. The zero-order valence-electron chi connectivity index (χ0n) is 9.24. The molecule has 1 N–H and O–H groups in total. The number of fused-ring (bicyclic) bond motifs is 4. The van der Waals surface area contributed by atoms with Gasteiger partial charge < -0.3 is 9.84 Å².